The molecule has 3 heterocycles. The molecule has 1 amide bonds. The summed E-state index contributed by atoms with van der Waals surface area (Å²) in [7, 11) is 0. The molecule has 2 aliphatic rings. The first kappa shape index (κ1) is 16.7. The molecule has 0 radical (unpaired) electrons. The van der Waals surface area contributed by atoms with Gasteiger partial charge < -0.3 is 19.8 Å². The Kier molecular flexibility index (Phi) is 3.46. The van der Waals surface area contributed by atoms with Gasteiger partial charge in [0.2, 0.25) is 11.8 Å². The maximum Gasteiger partial charge on any atom is 0.344 e. The van der Waals surface area contributed by atoms with Crippen LogP contribution in [0.15, 0.2) is 63.7 Å². The standard InChI is InChI=1S/C20H15N3O4/c1-3-8-23-14-7-5-4-6-12(14)20(19(23)25)13(10-21)17(22)27-15-9-11(2)26-18(24)16(15)20/h3-7,9H,1,8,22H2,2H3. The third-order valence-electron chi connectivity index (χ3n) is 4.84. The van der Waals surface area contributed by atoms with Gasteiger partial charge in [-0.25, -0.2) is 4.79 Å². The zero-order chi connectivity index (χ0) is 19.3. The number of para-hydroxylation sites is 1. The van der Waals surface area contributed by atoms with Gasteiger partial charge >= 0.3 is 5.63 Å². The topological polar surface area (TPSA) is 110 Å². The van der Waals surface area contributed by atoms with E-state index in [1.807, 2.05) is 6.07 Å². The average Bonchev–Trinajstić information content (AvgIpc) is 2.85. The molecule has 1 spiro atoms. The number of anilines is 1. The molecule has 0 bridgehead atoms. The van der Waals surface area contributed by atoms with Gasteiger partial charge in [-0.1, -0.05) is 24.3 Å². The molecule has 2 N–H and O–H groups in total. The highest BCUT2D eigenvalue weighted by Gasteiger charge is 2.60. The maximum absolute atomic E-state index is 13.6. The summed E-state index contributed by atoms with van der Waals surface area (Å²) in [5, 5.41) is 9.83. The van der Waals surface area contributed by atoms with E-state index in [2.05, 4.69) is 6.58 Å². The van der Waals surface area contributed by atoms with Gasteiger partial charge in [0.25, 0.3) is 0 Å². The molecule has 7 nitrogen and oxygen atoms in total. The lowest BCUT2D eigenvalue weighted by Gasteiger charge is -2.33. The van der Waals surface area contributed by atoms with Crippen LogP contribution < -0.4 is 21.0 Å². The highest BCUT2D eigenvalue weighted by molar-refractivity contribution is 6.14. The van der Waals surface area contributed by atoms with Crippen molar-refractivity contribution in [2.24, 2.45) is 5.73 Å². The smallest absolute Gasteiger partial charge is 0.344 e. The Morgan fingerprint density at radius 2 is 2.11 bits per heavy atom. The summed E-state index contributed by atoms with van der Waals surface area (Å²) in [6.45, 7) is 5.49. The van der Waals surface area contributed by atoms with Gasteiger partial charge in [-0.3, -0.25) is 4.79 Å². The van der Waals surface area contributed by atoms with Crippen molar-refractivity contribution >= 4 is 11.6 Å². The first-order chi connectivity index (χ1) is 13.0. The van der Waals surface area contributed by atoms with Crippen LogP contribution in [0.1, 0.15) is 16.9 Å². The van der Waals surface area contributed by atoms with E-state index in [0.29, 0.717) is 17.0 Å². The van der Waals surface area contributed by atoms with E-state index in [4.69, 9.17) is 14.9 Å². The number of fused-ring (bicyclic) bond motifs is 4. The lowest BCUT2D eigenvalue weighted by Crippen LogP contribution is -2.48. The van der Waals surface area contributed by atoms with Gasteiger partial charge in [0.05, 0.1) is 0 Å². The lowest BCUT2D eigenvalue weighted by atomic mass is 9.69. The van der Waals surface area contributed by atoms with Gasteiger partial charge in [0.15, 0.2) is 5.41 Å². The summed E-state index contributed by atoms with van der Waals surface area (Å²) in [5.41, 5.74) is 4.45. The van der Waals surface area contributed by atoms with E-state index in [1.54, 1.807) is 37.3 Å². The van der Waals surface area contributed by atoms with Gasteiger partial charge in [0, 0.05) is 23.9 Å². The Labute approximate surface area is 154 Å². The molecule has 1 unspecified atom stereocenters. The zero-order valence-electron chi connectivity index (χ0n) is 14.5. The van der Waals surface area contributed by atoms with Crippen molar-refractivity contribution in [3.63, 3.8) is 0 Å². The largest absolute Gasteiger partial charge is 0.440 e. The lowest BCUT2D eigenvalue weighted by molar-refractivity contribution is -0.120. The van der Waals surface area contributed by atoms with E-state index in [0.717, 1.165) is 0 Å². The van der Waals surface area contributed by atoms with Crippen molar-refractivity contribution < 1.29 is 13.9 Å². The number of benzene rings is 1. The molecule has 0 fully saturated rings. The second-order valence-corrected chi connectivity index (χ2v) is 6.31. The van der Waals surface area contributed by atoms with Gasteiger partial charge in [-0.05, 0) is 13.0 Å². The van der Waals surface area contributed by atoms with Crippen LogP contribution in [-0.2, 0) is 10.2 Å². The molecule has 134 valence electrons. The number of carbonyl (C=O) groups is 1. The number of amides is 1. The summed E-state index contributed by atoms with van der Waals surface area (Å²) in [6.07, 6.45) is 1.57. The SMILES string of the molecule is C=CCN1C(=O)C2(C(C#N)=C(N)Oc3cc(C)oc(=O)c32)c2ccccc21. The molecule has 0 saturated carbocycles. The fourth-order valence-electron chi connectivity index (χ4n) is 3.87. The van der Waals surface area contributed by atoms with E-state index in [-0.39, 0.29) is 29.3 Å². The minimum Gasteiger partial charge on any atom is -0.440 e. The summed E-state index contributed by atoms with van der Waals surface area (Å²) < 4.78 is 10.8. The molecule has 27 heavy (non-hydrogen) atoms. The molecule has 2 aliphatic heterocycles. The Morgan fingerprint density at radius 1 is 1.37 bits per heavy atom. The van der Waals surface area contributed by atoms with Crippen molar-refractivity contribution in [1.82, 2.24) is 0 Å². The minimum absolute atomic E-state index is 0.0390. The quantitative estimate of drug-likeness (QED) is 0.818. The van der Waals surface area contributed by atoms with E-state index < -0.39 is 16.9 Å². The van der Waals surface area contributed by atoms with Crippen LogP contribution in [0.25, 0.3) is 0 Å². The number of nitrogens with two attached hydrogens (primary N) is 1. The summed E-state index contributed by atoms with van der Waals surface area (Å²) in [6, 6.07) is 10.4. The number of nitriles is 1. The highest BCUT2D eigenvalue weighted by Crippen LogP contribution is 2.54. The Bertz CT molecular complexity index is 1140. The van der Waals surface area contributed by atoms with Crippen molar-refractivity contribution in [3.05, 3.63) is 81.8 Å². The van der Waals surface area contributed by atoms with E-state index in [1.165, 1.54) is 11.0 Å². The normalized spacial score (nSPS) is 20.1. The molecule has 1 aromatic heterocycles. The number of carbonyl (C=O) groups excluding carboxylic acids is 1. The second-order valence-electron chi connectivity index (χ2n) is 6.31. The third kappa shape index (κ3) is 1.95. The molecular weight excluding hydrogens is 346 g/mol. The van der Waals surface area contributed by atoms with Gasteiger partial charge in [-0.2, -0.15) is 5.26 Å². The summed E-state index contributed by atoms with van der Waals surface area (Å²) >= 11 is 0. The van der Waals surface area contributed by atoms with Crippen molar-refractivity contribution in [2.45, 2.75) is 12.3 Å². The Balaban J connectivity index is 2.20. The average molecular weight is 361 g/mol. The molecule has 4 rings (SSSR count). The molecule has 2 aromatic rings. The van der Waals surface area contributed by atoms with Crippen molar-refractivity contribution in [1.29, 1.82) is 5.26 Å². The molecular formula is C20H15N3O4. The first-order valence-corrected chi connectivity index (χ1v) is 8.22. The Hall–Kier alpha value is -3.79. The second kappa shape index (κ2) is 5.61. The third-order valence-corrected chi connectivity index (χ3v) is 4.84. The molecule has 0 aliphatic carbocycles. The van der Waals surface area contributed by atoms with E-state index >= 15 is 0 Å². The Morgan fingerprint density at radius 3 is 2.81 bits per heavy atom. The highest BCUT2D eigenvalue weighted by atomic mass is 16.5. The number of hydrogen-bond donors (Lipinski definition) is 1. The summed E-state index contributed by atoms with van der Waals surface area (Å²) in [4.78, 5) is 27.9. The number of nitrogens with zero attached hydrogens (tertiary/aromatic N) is 2. The van der Waals surface area contributed by atoms with Crippen LogP contribution in [0.2, 0.25) is 0 Å². The number of aryl methyl sites for hydroxylation is 1. The first-order valence-electron chi connectivity index (χ1n) is 8.22. The minimum atomic E-state index is -1.71. The van der Waals surface area contributed by atoms with Crippen LogP contribution in [0.5, 0.6) is 5.75 Å². The summed E-state index contributed by atoms with van der Waals surface area (Å²) in [5.74, 6) is -0.255. The zero-order valence-corrected chi connectivity index (χ0v) is 14.5. The number of hydrogen-bond acceptors (Lipinski definition) is 6. The van der Waals surface area contributed by atoms with Crippen LogP contribution in [0.3, 0.4) is 0 Å². The predicted molar refractivity (Wildman–Crippen MR) is 96.9 cm³/mol. The predicted octanol–water partition coefficient (Wildman–Crippen LogP) is 1.85. The molecule has 0 saturated heterocycles. The van der Waals surface area contributed by atoms with Crippen LogP contribution in [0, 0.1) is 18.3 Å². The molecule has 1 atom stereocenters. The van der Waals surface area contributed by atoms with Crippen molar-refractivity contribution in [2.75, 3.05) is 11.4 Å². The molecule has 7 heteroatoms. The monoisotopic (exact) mass is 361 g/mol. The fraction of sp³-hybridized carbons (Fsp3) is 0.150. The van der Waals surface area contributed by atoms with Gasteiger partial charge in [0.1, 0.15) is 28.7 Å². The van der Waals surface area contributed by atoms with Gasteiger partial charge in [-0.15, -0.1) is 6.58 Å². The van der Waals surface area contributed by atoms with Crippen LogP contribution in [0.4, 0.5) is 5.69 Å². The van der Waals surface area contributed by atoms with Crippen molar-refractivity contribution in [3.8, 4) is 11.8 Å². The van der Waals surface area contributed by atoms with Crippen LogP contribution in [-0.4, -0.2) is 12.5 Å². The van der Waals surface area contributed by atoms with E-state index in [9.17, 15) is 14.9 Å². The molecule has 1 aromatic carbocycles. The number of ether oxygens (including phenoxy) is 1. The van der Waals surface area contributed by atoms with Crippen LogP contribution >= 0.6 is 0 Å². The number of rotatable bonds is 2. The maximum atomic E-state index is 13.6. The fourth-order valence-corrected chi connectivity index (χ4v) is 3.87.